The normalized spacial score (nSPS) is 11.9. The number of carbonyl (C=O) groups is 1. The van der Waals surface area contributed by atoms with Crippen LogP contribution in [0, 0.1) is 51.2 Å². The zero-order chi connectivity index (χ0) is 43.6. The average molecular weight is 968 g/mol. The minimum absolute atomic E-state index is 0. The van der Waals surface area contributed by atoms with Crippen LogP contribution in [0.4, 0.5) is 0 Å². The molecule has 0 spiro atoms. The first-order valence-electron chi connectivity index (χ1n) is 21.7. The van der Waals surface area contributed by atoms with Crippen LogP contribution in [0.1, 0.15) is 135 Å². The Bertz CT molecular complexity index is 2370. The zero-order valence-electron chi connectivity index (χ0n) is 38.7. The van der Waals surface area contributed by atoms with Gasteiger partial charge in [0, 0.05) is 49.9 Å². The summed E-state index contributed by atoms with van der Waals surface area (Å²) in [6.07, 6.45) is 7.03. The van der Waals surface area contributed by atoms with Crippen molar-refractivity contribution < 1.29 is 31.4 Å². The largest absolute Gasteiger partial charge is 0.512 e. The van der Waals surface area contributed by atoms with Crippen LogP contribution in [-0.4, -0.2) is 20.9 Å². The average Bonchev–Trinajstić information content (AvgIpc) is 3.19. The number of nitrogens with zero attached hydrogens (tertiary/aromatic N) is 2. The van der Waals surface area contributed by atoms with Crippen LogP contribution in [0.15, 0.2) is 97.0 Å². The van der Waals surface area contributed by atoms with Gasteiger partial charge in [-0.05, 0) is 93.7 Å². The molecular formula is C54H66IrN2O2-2. The molecule has 2 aromatic heterocycles. The number of aliphatic hydroxyl groups excluding tert-OH is 1. The molecule has 2 heterocycles. The summed E-state index contributed by atoms with van der Waals surface area (Å²) in [6.45, 7) is 27.2. The molecule has 0 aliphatic heterocycles. The SMILES string of the molecule is CCC(CC)C(=O)/C=C(\O)C(C)(CC)CC.Cc1[c-]c(-c2nccc3cc(C(C)C)ccc23)cc(C)c1.[2H]c1cc2cc(C(C)C)ccc2c(-c2[c-]c(C)cc(C)c2)n1.[Ir]. The van der Waals surface area contributed by atoms with E-state index < -0.39 is 0 Å². The Morgan fingerprint density at radius 2 is 1.17 bits per heavy atom. The minimum Gasteiger partial charge on any atom is -0.512 e. The molecule has 0 atom stereocenters. The molecule has 4 nitrogen and oxygen atoms in total. The third-order valence-corrected chi connectivity index (χ3v) is 11.5. The summed E-state index contributed by atoms with van der Waals surface area (Å²) in [6, 6.07) is 32.4. The Kier molecular flexibility index (Phi) is 17.8. The molecule has 315 valence electrons. The van der Waals surface area contributed by atoms with Gasteiger partial charge in [0.15, 0.2) is 5.78 Å². The number of allylic oxidation sites excluding steroid dienone is 2. The molecule has 6 rings (SSSR count). The number of fused-ring (bicyclic) bond motifs is 2. The van der Waals surface area contributed by atoms with Crippen LogP contribution in [0.2, 0.25) is 0 Å². The number of aliphatic hydroxyl groups is 1. The molecule has 0 saturated carbocycles. The number of pyridine rings is 2. The predicted octanol–water partition coefficient (Wildman–Crippen LogP) is 15.1. The van der Waals surface area contributed by atoms with E-state index in [1.807, 2.05) is 53.8 Å². The first kappa shape index (κ1) is 47.2. The van der Waals surface area contributed by atoms with Crippen molar-refractivity contribution in [1.82, 2.24) is 9.97 Å². The molecule has 0 aliphatic rings. The van der Waals surface area contributed by atoms with Gasteiger partial charge >= 0.3 is 0 Å². The third-order valence-electron chi connectivity index (χ3n) is 11.5. The smallest absolute Gasteiger partial charge is 0.162 e. The monoisotopic (exact) mass is 968 g/mol. The summed E-state index contributed by atoms with van der Waals surface area (Å²) in [5.41, 5.74) is 11.0. The first-order chi connectivity index (χ1) is 27.9. The molecule has 59 heavy (non-hydrogen) atoms. The molecule has 0 saturated heterocycles. The Labute approximate surface area is 370 Å². The van der Waals surface area contributed by atoms with E-state index in [9.17, 15) is 9.90 Å². The predicted molar refractivity (Wildman–Crippen MR) is 248 cm³/mol. The summed E-state index contributed by atoms with van der Waals surface area (Å²) in [5, 5.41) is 14.6. The number of hydrogen-bond acceptors (Lipinski definition) is 4. The fourth-order valence-corrected chi connectivity index (χ4v) is 7.25. The van der Waals surface area contributed by atoms with Gasteiger partial charge in [-0.15, -0.1) is 69.8 Å². The molecule has 6 aromatic rings. The molecule has 5 heteroatoms. The summed E-state index contributed by atoms with van der Waals surface area (Å²) < 4.78 is 8.03. The van der Waals surface area contributed by atoms with Gasteiger partial charge in [0.25, 0.3) is 0 Å². The van der Waals surface area contributed by atoms with E-state index in [1.54, 1.807) is 0 Å². The van der Waals surface area contributed by atoms with E-state index in [4.69, 9.17) is 1.37 Å². The van der Waals surface area contributed by atoms with Crippen LogP contribution < -0.4 is 0 Å². The molecule has 1 N–H and O–H groups in total. The van der Waals surface area contributed by atoms with Crippen molar-refractivity contribution in [2.45, 2.75) is 128 Å². The number of rotatable bonds is 11. The maximum absolute atomic E-state index is 11.9. The Morgan fingerprint density at radius 1 is 0.712 bits per heavy atom. The fourth-order valence-electron chi connectivity index (χ4n) is 7.25. The van der Waals surface area contributed by atoms with E-state index >= 15 is 0 Å². The Hall–Kier alpha value is -4.44. The molecule has 0 aliphatic carbocycles. The number of carbonyl (C=O) groups excluding carboxylic acids is 1. The van der Waals surface area contributed by atoms with E-state index in [0.29, 0.717) is 18.0 Å². The summed E-state index contributed by atoms with van der Waals surface area (Å²) in [5.74, 6) is 1.38. The Balaban J connectivity index is 0.000000242. The van der Waals surface area contributed by atoms with Gasteiger partial charge in [-0.3, -0.25) is 4.79 Å². The molecule has 1 radical (unpaired) electrons. The number of benzene rings is 4. The molecule has 0 bridgehead atoms. The van der Waals surface area contributed by atoms with Crippen molar-refractivity contribution >= 4 is 27.3 Å². The zero-order valence-corrected chi connectivity index (χ0v) is 40.1. The summed E-state index contributed by atoms with van der Waals surface area (Å²) in [4.78, 5) is 20.9. The van der Waals surface area contributed by atoms with Crippen molar-refractivity contribution in [2.24, 2.45) is 11.3 Å². The Morgan fingerprint density at radius 3 is 1.59 bits per heavy atom. The van der Waals surface area contributed by atoms with Gasteiger partial charge in [-0.25, -0.2) is 0 Å². The molecule has 0 unspecified atom stereocenters. The van der Waals surface area contributed by atoms with Crippen LogP contribution in [0.5, 0.6) is 0 Å². The molecule has 0 amide bonds. The van der Waals surface area contributed by atoms with Crippen LogP contribution in [0.3, 0.4) is 0 Å². The summed E-state index contributed by atoms with van der Waals surface area (Å²) in [7, 11) is 0. The van der Waals surface area contributed by atoms with Gasteiger partial charge in [0.2, 0.25) is 0 Å². The topological polar surface area (TPSA) is 63.1 Å². The second-order valence-electron chi connectivity index (χ2n) is 16.8. The molecule has 4 aromatic carbocycles. The van der Waals surface area contributed by atoms with Crippen molar-refractivity contribution in [3.63, 3.8) is 0 Å². The maximum Gasteiger partial charge on any atom is 0.162 e. The second kappa shape index (κ2) is 22.2. The van der Waals surface area contributed by atoms with Gasteiger partial charge in [-0.1, -0.05) is 126 Å². The standard InChI is InChI=1S/2C20H20N.C14H26O2.Ir/c2*1-13(2)16-5-6-19-17(12-16)7-8-21-20(19)18-10-14(3)9-15(4)11-18;1-6-11(7-2)12(15)10-13(16)14(5,8-3)9-4;/h2*5-10,12-13H,1-4H3;10-11,16H,6-9H2,1-5H3;/q2*-1;;/b;;13-10-;/i8D;;;. The van der Waals surface area contributed by atoms with Gasteiger partial charge in [-0.2, -0.15) is 0 Å². The summed E-state index contributed by atoms with van der Waals surface area (Å²) >= 11 is 0. The van der Waals surface area contributed by atoms with E-state index in [2.05, 4.69) is 137 Å². The third kappa shape index (κ3) is 12.8. The number of aromatic nitrogens is 2. The molecule has 0 fully saturated rings. The van der Waals surface area contributed by atoms with Crippen molar-refractivity contribution in [3.8, 4) is 22.5 Å². The van der Waals surface area contributed by atoms with Crippen LogP contribution in [-0.2, 0) is 24.9 Å². The van der Waals surface area contributed by atoms with Crippen molar-refractivity contribution in [2.75, 3.05) is 0 Å². The van der Waals surface area contributed by atoms with Crippen molar-refractivity contribution in [3.05, 3.63) is 143 Å². The van der Waals surface area contributed by atoms with Gasteiger partial charge in [0.05, 0.1) is 1.37 Å². The number of ketones is 1. The fraction of sp³-hybridized carbons (Fsp3) is 0.389. The van der Waals surface area contributed by atoms with Gasteiger partial charge < -0.3 is 15.1 Å². The second-order valence-corrected chi connectivity index (χ2v) is 16.8. The van der Waals surface area contributed by atoms with Gasteiger partial charge in [0.1, 0.15) is 5.76 Å². The van der Waals surface area contributed by atoms with Crippen LogP contribution >= 0.6 is 0 Å². The van der Waals surface area contributed by atoms with E-state index in [1.165, 1.54) is 39.1 Å². The van der Waals surface area contributed by atoms with E-state index in [0.717, 1.165) is 70.1 Å². The van der Waals surface area contributed by atoms with E-state index in [-0.39, 0.29) is 43.0 Å². The quantitative estimate of drug-likeness (QED) is 0.0798. The molecular weight excluding hydrogens is 901 g/mol. The number of aryl methyl sites for hydroxylation is 4. The minimum atomic E-state index is -0.248. The first-order valence-corrected chi connectivity index (χ1v) is 21.2. The van der Waals surface area contributed by atoms with Crippen LogP contribution in [0.25, 0.3) is 44.1 Å². The maximum atomic E-state index is 11.9. The number of hydrogen-bond donors (Lipinski definition) is 1. The van der Waals surface area contributed by atoms with Crippen molar-refractivity contribution in [1.29, 1.82) is 0 Å².